The highest BCUT2D eigenvalue weighted by Gasteiger charge is 2.28. The maximum Gasteiger partial charge on any atom is 0.162 e. The average molecular weight is 251 g/mol. The SMILES string of the molecule is CCOc1ccccc1NC1COC(C)(C)OC1. The third-order valence-electron chi connectivity index (χ3n) is 2.81. The molecule has 18 heavy (non-hydrogen) atoms. The van der Waals surface area contributed by atoms with Gasteiger partial charge in [0, 0.05) is 0 Å². The van der Waals surface area contributed by atoms with Crippen LogP contribution in [0.1, 0.15) is 20.8 Å². The quantitative estimate of drug-likeness (QED) is 0.893. The molecule has 0 bridgehead atoms. The van der Waals surface area contributed by atoms with Crippen LogP contribution >= 0.6 is 0 Å². The number of hydrogen-bond donors (Lipinski definition) is 1. The van der Waals surface area contributed by atoms with Gasteiger partial charge in [-0.3, -0.25) is 0 Å². The summed E-state index contributed by atoms with van der Waals surface area (Å²) in [6.07, 6.45) is 0. The van der Waals surface area contributed by atoms with Crippen molar-refractivity contribution in [3.05, 3.63) is 24.3 Å². The van der Waals surface area contributed by atoms with E-state index < -0.39 is 5.79 Å². The molecule has 100 valence electrons. The van der Waals surface area contributed by atoms with Gasteiger partial charge in [0.1, 0.15) is 5.75 Å². The van der Waals surface area contributed by atoms with E-state index in [-0.39, 0.29) is 6.04 Å². The van der Waals surface area contributed by atoms with Gasteiger partial charge in [0.2, 0.25) is 0 Å². The van der Waals surface area contributed by atoms with Gasteiger partial charge in [0.05, 0.1) is 31.5 Å². The minimum Gasteiger partial charge on any atom is -0.492 e. The van der Waals surface area contributed by atoms with Crippen LogP contribution in [0.4, 0.5) is 5.69 Å². The summed E-state index contributed by atoms with van der Waals surface area (Å²) < 4.78 is 16.8. The van der Waals surface area contributed by atoms with Gasteiger partial charge in [-0.2, -0.15) is 0 Å². The largest absolute Gasteiger partial charge is 0.492 e. The van der Waals surface area contributed by atoms with Crippen molar-refractivity contribution in [2.45, 2.75) is 32.6 Å². The molecule has 0 aromatic heterocycles. The zero-order valence-electron chi connectivity index (χ0n) is 11.2. The summed E-state index contributed by atoms with van der Waals surface area (Å²) in [6, 6.07) is 8.07. The van der Waals surface area contributed by atoms with Gasteiger partial charge < -0.3 is 19.5 Å². The van der Waals surface area contributed by atoms with Gasteiger partial charge in [0.25, 0.3) is 0 Å². The first-order valence-corrected chi connectivity index (χ1v) is 6.37. The summed E-state index contributed by atoms with van der Waals surface area (Å²) in [5.74, 6) is 0.391. The Labute approximate surface area is 108 Å². The van der Waals surface area contributed by atoms with Gasteiger partial charge >= 0.3 is 0 Å². The molecule has 1 aromatic rings. The highest BCUT2D eigenvalue weighted by atomic mass is 16.7. The van der Waals surface area contributed by atoms with E-state index in [9.17, 15) is 0 Å². The van der Waals surface area contributed by atoms with E-state index in [1.54, 1.807) is 0 Å². The summed E-state index contributed by atoms with van der Waals surface area (Å²) in [5.41, 5.74) is 0.983. The smallest absolute Gasteiger partial charge is 0.162 e. The zero-order valence-corrected chi connectivity index (χ0v) is 11.2. The van der Waals surface area contributed by atoms with Crippen LogP contribution in [-0.2, 0) is 9.47 Å². The van der Waals surface area contributed by atoms with Gasteiger partial charge in [0.15, 0.2) is 5.79 Å². The Hall–Kier alpha value is -1.26. The molecule has 0 saturated carbocycles. The third-order valence-corrected chi connectivity index (χ3v) is 2.81. The highest BCUT2D eigenvalue weighted by Crippen LogP contribution is 2.26. The lowest BCUT2D eigenvalue weighted by Gasteiger charge is -2.35. The van der Waals surface area contributed by atoms with Crippen molar-refractivity contribution < 1.29 is 14.2 Å². The molecule has 0 atom stereocenters. The zero-order chi connectivity index (χ0) is 13.0. The Morgan fingerprint density at radius 1 is 1.28 bits per heavy atom. The van der Waals surface area contributed by atoms with E-state index in [4.69, 9.17) is 14.2 Å². The van der Waals surface area contributed by atoms with Crippen LogP contribution in [0.2, 0.25) is 0 Å². The first kappa shape index (κ1) is 13.2. The van der Waals surface area contributed by atoms with Crippen molar-refractivity contribution in [1.29, 1.82) is 0 Å². The van der Waals surface area contributed by atoms with Crippen molar-refractivity contribution in [3.63, 3.8) is 0 Å². The summed E-state index contributed by atoms with van der Waals surface area (Å²) in [4.78, 5) is 0. The average Bonchev–Trinajstić information content (AvgIpc) is 2.35. The Morgan fingerprint density at radius 3 is 2.61 bits per heavy atom. The summed E-state index contributed by atoms with van der Waals surface area (Å²) >= 11 is 0. The number of para-hydroxylation sites is 2. The fourth-order valence-corrected chi connectivity index (χ4v) is 1.86. The fourth-order valence-electron chi connectivity index (χ4n) is 1.86. The normalized spacial score (nSPS) is 19.5. The Morgan fingerprint density at radius 2 is 1.94 bits per heavy atom. The molecule has 1 heterocycles. The molecule has 1 aromatic carbocycles. The molecular weight excluding hydrogens is 230 g/mol. The second kappa shape index (κ2) is 5.59. The lowest BCUT2D eigenvalue weighted by atomic mass is 10.2. The molecule has 0 amide bonds. The van der Waals surface area contributed by atoms with Crippen LogP contribution in [0.5, 0.6) is 5.75 Å². The molecule has 1 saturated heterocycles. The monoisotopic (exact) mass is 251 g/mol. The lowest BCUT2D eigenvalue weighted by Crippen LogP contribution is -2.45. The van der Waals surface area contributed by atoms with E-state index in [0.29, 0.717) is 19.8 Å². The van der Waals surface area contributed by atoms with Crippen LogP contribution in [0, 0.1) is 0 Å². The van der Waals surface area contributed by atoms with Gasteiger partial charge in [-0.05, 0) is 32.9 Å². The van der Waals surface area contributed by atoms with E-state index in [1.165, 1.54) is 0 Å². The molecule has 0 unspecified atom stereocenters. The third kappa shape index (κ3) is 3.37. The minimum absolute atomic E-state index is 0.152. The second-order valence-corrected chi connectivity index (χ2v) is 4.79. The Kier molecular flexibility index (Phi) is 4.09. The number of anilines is 1. The van der Waals surface area contributed by atoms with Crippen LogP contribution in [-0.4, -0.2) is 31.6 Å². The number of nitrogens with one attached hydrogen (secondary N) is 1. The van der Waals surface area contributed by atoms with Gasteiger partial charge in [-0.1, -0.05) is 12.1 Å². The molecule has 4 nitrogen and oxygen atoms in total. The molecule has 0 spiro atoms. The Bertz CT molecular complexity index is 382. The van der Waals surface area contributed by atoms with Gasteiger partial charge in [-0.25, -0.2) is 0 Å². The van der Waals surface area contributed by atoms with E-state index in [0.717, 1.165) is 11.4 Å². The molecule has 0 radical (unpaired) electrons. The van der Waals surface area contributed by atoms with Crippen molar-refractivity contribution in [3.8, 4) is 5.75 Å². The molecular formula is C14H21NO3. The fraction of sp³-hybridized carbons (Fsp3) is 0.571. The molecule has 1 N–H and O–H groups in total. The lowest BCUT2D eigenvalue weighted by molar-refractivity contribution is -0.247. The van der Waals surface area contributed by atoms with E-state index in [2.05, 4.69) is 5.32 Å². The van der Waals surface area contributed by atoms with Gasteiger partial charge in [-0.15, -0.1) is 0 Å². The molecule has 1 fully saturated rings. The molecule has 4 heteroatoms. The van der Waals surface area contributed by atoms with E-state index >= 15 is 0 Å². The summed E-state index contributed by atoms with van der Waals surface area (Å²) in [6.45, 7) is 7.76. The summed E-state index contributed by atoms with van der Waals surface area (Å²) in [7, 11) is 0. The standard InChI is InChI=1S/C14H21NO3/c1-4-16-13-8-6-5-7-12(13)15-11-9-17-14(2,3)18-10-11/h5-8,11,15H,4,9-10H2,1-3H3. The highest BCUT2D eigenvalue weighted by molar-refractivity contribution is 5.56. The topological polar surface area (TPSA) is 39.7 Å². The molecule has 0 aliphatic carbocycles. The van der Waals surface area contributed by atoms with Crippen LogP contribution < -0.4 is 10.1 Å². The van der Waals surface area contributed by atoms with Crippen LogP contribution in [0.25, 0.3) is 0 Å². The predicted molar refractivity (Wildman–Crippen MR) is 71.0 cm³/mol. The maximum atomic E-state index is 5.62. The molecule has 1 aliphatic heterocycles. The van der Waals surface area contributed by atoms with Crippen molar-refractivity contribution >= 4 is 5.69 Å². The van der Waals surface area contributed by atoms with Crippen molar-refractivity contribution in [1.82, 2.24) is 0 Å². The summed E-state index contributed by atoms with van der Waals surface area (Å²) in [5, 5.41) is 3.40. The number of benzene rings is 1. The number of ether oxygens (including phenoxy) is 3. The maximum absolute atomic E-state index is 5.62. The minimum atomic E-state index is -0.475. The molecule has 1 aliphatic rings. The van der Waals surface area contributed by atoms with Crippen LogP contribution in [0.3, 0.4) is 0 Å². The number of rotatable bonds is 4. The first-order chi connectivity index (χ1) is 8.61. The number of hydrogen-bond acceptors (Lipinski definition) is 4. The predicted octanol–water partition coefficient (Wildman–Crippen LogP) is 2.65. The first-order valence-electron chi connectivity index (χ1n) is 6.37. The van der Waals surface area contributed by atoms with E-state index in [1.807, 2.05) is 45.0 Å². The molecule has 2 rings (SSSR count). The van der Waals surface area contributed by atoms with Crippen molar-refractivity contribution in [2.75, 3.05) is 25.1 Å². The van der Waals surface area contributed by atoms with Crippen LogP contribution in [0.15, 0.2) is 24.3 Å². The van der Waals surface area contributed by atoms with Crippen molar-refractivity contribution in [2.24, 2.45) is 0 Å². The second-order valence-electron chi connectivity index (χ2n) is 4.79. The Balaban J connectivity index is 1.97.